The number of rotatable bonds is 2. The van der Waals surface area contributed by atoms with E-state index in [9.17, 15) is 4.79 Å². The van der Waals surface area contributed by atoms with E-state index in [1.165, 1.54) is 30.1 Å². The third-order valence-electron chi connectivity index (χ3n) is 2.96. The predicted molar refractivity (Wildman–Crippen MR) is 58.7 cm³/mol. The molecule has 0 aromatic heterocycles. The highest BCUT2D eigenvalue weighted by Gasteiger charge is 2.26. The largest absolute Gasteiger partial charge is 0.366 e. The van der Waals surface area contributed by atoms with Crippen LogP contribution in [0.3, 0.4) is 0 Å². The summed E-state index contributed by atoms with van der Waals surface area (Å²) in [5, 5.41) is 0. The number of amides is 1. The standard InChI is InChI=1S/C12H19NO/c1-9-5-4-8-12(2,3)10(9)6-7-11(13)14/h6-7H,4-5,8H2,1-3H3,(H2,13,14)/b7-6+. The number of carbonyl (C=O) groups is 1. The van der Waals surface area contributed by atoms with Crippen molar-refractivity contribution in [2.75, 3.05) is 0 Å². The van der Waals surface area contributed by atoms with Gasteiger partial charge in [-0.15, -0.1) is 0 Å². The van der Waals surface area contributed by atoms with Crippen LogP contribution in [0, 0.1) is 5.41 Å². The van der Waals surface area contributed by atoms with Crippen LogP contribution < -0.4 is 5.73 Å². The zero-order valence-electron chi connectivity index (χ0n) is 9.26. The minimum Gasteiger partial charge on any atom is -0.366 e. The summed E-state index contributed by atoms with van der Waals surface area (Å²) in [6.45, 7) is 6.58. The first-order valence-corrected chi connectivity index (χ1v) is 5.11. The minimum atomic E-state index is -0.369. The van der Waals surface area contributed by atoms with Gasteiger partial charge in [-0.3, -0.25) is 4.79 Å². The molecule has 2 nitrogen and oxygen atoms in total. The van der Waals surface area contributed by atoms with Crippen LogP contribution in [0.25, 0.3) is 0 Å². The molecule has 0 spiro atoms. The van der Waals surface area contributed by atoms with Gasteiger partial charge in [-0.1, -0.05) is 25.5 Å². The van der Waals surface area contributed by atoms with Crippen LogP contribution >= 0.6 is 0 Å². The molecule has 14 heavy (non-hydrogen) atoms. The quantitative estimate of drug-likeness (QED) is 0.673. The van der Waals surface area contributed by atoms with Crippen molar-refractivity contribution < 1.29 is 4.79 Å². The molecule has 1 amide bonds. The lowest BCUT2D eigenvalue weighted by Crippen LogP contribution is -2.19. The van der Waals surface area contributed by atoms with Crippen molar-refractivity contribution in [3.05, 3.63) is 23.3 Å². The van der Waals surface area contributed by atoms with Crippen molar-refractivity contribution in [2.45, 2.75) is 40.0 Å². The second-order valence-corrected chi connectivity index (χ2v) is 4.67. The fourth-order valence-corrected chi connectivity index (χ4v) is 2.18. The molecule has 0 unspecified atom stereocenters. The fourth-order valence-electron chi connectivity index (χ4n) is 2.18. The first-order chi connectivity index (χ1) is 6.43. The van der Waals surface area contributed by atoms with Gasteiger partial charge in [0.15, 0.2) is 0 Å². The first kappa shape index (κ1) is 11.0. The molecule has 2 N–H and O–H groups in total. The van der Waals surface area contributed by atoms with Crippen molar-refractivity contribution in [3.8, 4) is 0 Å². The summed E-state index contributed by atoms with van der Waals surface area (Å²) in [6, 6.07) is 0. The average Bonchev–Trinajstić information content (AvgIpc) is 2.01. The van der Waals surface area contributed by atoms with Gasteiger partial charge < -0.3 is 5.73 Å². The van der Waals surface area contributed by atoms with Gasteiger partial charge in [0.05, 0.1) is 0 Å². The lowest BCUT2D eigenvalue weighted by atomic mass is 9.73. The van der Waals surface area contributed by atoms with Gasteiger partial charge in [0, 0.05) is 6.08 Å². The summed E-state index contributed by atoms with van der Waals surface area (Å²) in [5.74, 6) is -0.369. The Bertz CT molecular complexity index is 297. The zero-order valence-corrected chi connectivity index (χ0v) is 9.26. The van der Waals surface area contributed by atoms with Crippen LogP contribution in [0.4, 0.5) is 0 Å². The van der Waals surface area contributed by atoms with Crippen LogP contribution in [0.2, 0.25) is 0 Å². The van der Waals surface area contributed by atoms with E-state index >= 15 is 0 Å². The Balaban J connectivity index is 2.96. The molecule has 0 radical (unpaired) electrons. The maximum Gasteiger partial charge on any atom is 0.241 e. The first-order valence-electron chi connectivity index (χ1n) is 5.11. The summed E-state index contributed by atoms with van der Waals surface area (Å²) in [7, 11) is 0. The highest BCUT2D eigenvalue weighted by Crippen LogP contribution is 2.40. The van der Waals surface area contributed by atoms with E-state index in [0.29, 0.717) is 0 Å². The number of primary amides is 1. The molecule has 78 valence electrons. The molecule has 0 aromatic carbocycles. The van der Waals surface area contributed by atoms with E-state index in [1.54, 1.807) is 0 Å². The number of allylic oxidation sites excluding steroid dienone is 3. The Morgan fingerprint density at radius 2 is 2.14 bits per heavy atom. The van der Waals surface area contributed by atoms with Gasteiger partial charge in [-0.2, -0.15) is 0 Å². The van der Waals surface area contributed by atoms with Crippen molar-refractivity contribution in [1.82, 2.24) is 0 Å². The molecule has 2 heteroatoms. The maximum absolute atomic E-state index is 10.7. The van der Waals surface area contributed by atoms with Crippen molar-refractivity contribution >= 4 is 5.91 Å². The van der Waals surface area contributed by atoms with Gasteiger partial charge in [0.1, 0.15) is 0 Å². The molecule has 0 heterocycles. The average molecular weight is 193 g/mol. The zero-order chi connectivity index (χ0) is 10.8. The summed E-state index contributed by atoms with van der Waals surface area (Å²) in [4.78, 5) is 10.7. The van der Waals surface area contributed by atoms with E-state index in [4.69, 9.17) is 5.73 Å². The minimum absolute atomic E-state index is 0.189. The normalized spacial score (nSPS) is 21.6. The van der Waals surface area contributed by atoms with E-state index < -0.39 is 0 Å². The molecule has 0 saturated heterocycles. The molecule has 0 fully saturated rings. The number of hydrogen-bond acceptors (Lipinski definition) is 1. The summed E-state index contributed by atoms with van der Waals surface area (Å²) in [6.07, 6.45) is 6.92. The molecule has 1 aliphatic carbocycles. The van der Waals surface area contributed by atoms with Crippen LogP contribution in [0.5, 0.6) is 0 Å². The molecular formula is C12H19NO. The molecule has 0 aromatic rings. The Morgan fingerprint density at radius 3 is 2.64 bits per heavy atom. The molecule has 1 aliphatic rings. The molecule has 1 rings (SSSR count). The Morgan fingerprint density at radius 1 is 1.50 bits per heavy atom. The molecule has 0 bridgehead atoms. The summed E-state index contributed by atoms with van der Waals surface area (Å²) in [5.41, 5.74) is 7.95. The lowest BCUT2D eigenvalue weighted by molar-refractivity contribution is -0.113. The predicted octanol–water partition coefficient (Wildman–Crippen LogP) is 2.55. The molecular weight excluding hydrogens is 174 g/mol. The maximum atomic E-state index is 10.7. The van der Waals surface area contributed by atoms with Gasteiger partial charge in [-0.05, 0) is 37.2 Å². The smallest absolute Gasteiger partial charge is 0.241 e. The number of nitrogens with two attached hydrogens (primary N) is 1. The van der Waals surface area contributed by atoms with Crippen LogP contribution in [0.1, 0.15) is 40.0 Å². The van der Waals surface area contributed by atoms with E-state index in [-0.39, 0.29) is 11.3 Å². The van der Waals surface area contributed by atoms with Crippen molar-refractivity contribution in [1.29, 1.82) is 0 Å². The third kappa shape index (κ3) is 2.47. The van der Waals surface area contributed by atoms with Gasteiger partial charge in [-0.25, -0.2) is 0 Å². The van der Waals surface area contributed by atoms with E-state index in [1.807, 2.05) is 6.08 Å². The van der Waals surface area contributed by atoms with Crippen LogP contribution in [-0.4, -0.2) is 5.91 Å². The molecule has 0 saturated carbocycles. The Labute approximate surface area is 85.9 Å². The number of carbonyl (C=O) groups excluding carboxylic acids is 1. The molecule has 0 aliphatic heterocycles. The van der Waals surface area contributed by atoms with Crippen LogP contribution in [0.15, 0.2) is 23.3 Å². The van der Waals surface area contributed by atoms with E-state index in [0.717, 1.165) is 6.42 Å². The topological polar surface area (TPSA) is 43.1 Å². The highest BCUT2D eigenvalue weighted by atomic mass is 16.1. The van der Waals surface area contributed by atoms with Crippen LogP contribution in [-0.2, 0) is 4.79 Å². The summed E-state index contributed by atoms with van der Waals surface area (Å²) < 4.78 is 0. The Hall–Kier alpha value is -1.05. The summed E-state index contributed by atoms with van der Waals surface area (Å²) >= 11 is 0. The third-order valence-corrected chi connectivity index (χ3v) is 2.96. The lowest BCUT2D eigenvalue weighted by Gasteiger charge is -2.32. The monoisotopic (exact) mass is 193 g/mol. The highest BCUT2D eigenvalue weighted by molar-refractivity contribution is 5.86. The second-order valence-electron chi connectivity index (χ2n) is 4.67. The molecule has 0 atom stereocenters. The SMILES string of the molecule is CC1=C(/C=C/C(N)=O)C(C)(C)CCC1. The number of hydrogen-bond donors (Lipinski definition) is 1. The van der Waals surface area contributed by atoms with Gasteiger partial charge in [0.25, 0.3) is 0 Å². The van der Waals surface area contributed by atoms with Crippen molar-refractivity contribution in [2.24, 2.45) is 11.1 Å². The van der Waals surface area contributed by atoms with Crippen molar-refractivity contribution in [3.63, 3.8) is 0 Å². The van der Waals surface area contributed by atoms with Gasteiger partial charge in [0.2, 0.25) is 5.91 Å². The van der Waals surface area contributed by atoms with E-state index in [2.05, 4.69) is 20.8 Å². The fraction of sp³-hybridized carbons (Fsp3) is 0.583. The van der Waals surface area contributed by atoms with Gasteiger partial charge >= 0.3 is 0 Å². The Kier molecular flexibility index (Phi) is 3.14. The second kappa shape index (κ2) is 3.99.